The fourth-order valence-corrected chi connectivity index (χ4v) is 3.74. The van der Waals surface area contributed by atoms with E-state index >= 15 is 0 Å². The highest BCUT2D eigenvalue weighted by Crippen LogP contribution is 2.35. The van der Waals surface area contributed by atoms with Crippen molar-refractivity contribution < 1.29 is 21.8 Å². The van der Waals surface area contributed by atoms with E-state index in [1.165, 1.54) is 6.07 Å². The molecule has 0 atom stereocenters. The second-order valence-corrected chi connectivity index (χ2v) is 7.98. The van der Waals surface area contributed by atoms with Crippen LogP contribution in [0, 0.1) is 15.2 Å². The second kappa shape index (κ2) is 6.56. The first-order chi connectivity index (χ1) is 10.1. The van der Waals surface area contributed by atoms with Crippen LogP contribution >= 0.6 is 50.1 Å². The SMILES string of the molecule is O=S(=O)(O)c1cc(Br)c(F)c(F)c1Nc1ccc(I)cc1Cl. The fourth-order valence-electron chi connectivity index (χ4n) is 1.62. The smallest absolute Gasteiger partial charge is 0.296 e. The third-order valence-corrected chi connectivity index (χ3v) is 5.03. The maximum atomic E-state index is 14.1. The largest absolute Gasteiger partial charge is 0.351 e. The minimum absolute atomic E-state index is 0.160. The van der Waals surface area contributed by atoms with Crippen molar-refractivity contribution in [1.29, 1.82) is 0 Å². The number of halogens is 5. The van der Waals surface area contributed by atoms with Crippen LogP contribution in [-0.2, 0) is 10.1 Å². The molecule has 0 aliphatic carbocycles. The Morgan fingerprint density at radius 2 is 1.86 bits per heavy atom. The lowest BCUT2D eigenvalue weighted by atomic mass is 10.2. The molecule has 118 valence electrons. The second-order valence-electron chi connectivity index (χ2n) is 4.08. The Balaban J connectivity index is 2.66. The molecule has 2 aromatic rings. The topological polar surface area (TPSA) is 66.4 Å². The molecule has 0 bridgehead atoms. The fraction of sp³-hybridized carbons (Fsp3) is 0. The van der Waals surface area contributed by atoms with Crippen molar-refractivity contribution in [3.05, 3.63) is 49.0 Å². The molecule has 0 unspecified atom stereocenters. The van der Waals surface area contributed by atoms with Crippen LogP contribution in [0.3, 0.4) is 0 Å². The molecule has 0 fully saturated rings. The summed E-state index contributed by atoms with van der Waals surface area (Å²) in [5, 5.41) is 2.58. The molecule has 2 N–H and O–H groups in total. The van der Waals surface area contributed by atoms with E-state index < -0.39 is 36.8 Å². The zero-order chi connectivity index (χ0) is 16.7. The zero-order valence-electron chi connectivity index (χ0n) is 10.4. The van der Waals surface area contributed by atoms with Crippen molar-refractivity contribution in [2.24, 2.45) is 0 Å². The molecule has 10 heteroatoms. The number of anilines is 2. The van der Waals surface area contributed by atoms with Gasteiger partial charge >= 0.3 is 0 Å². The van der Waals surface area contributed by atoms with Crippen LogP contribution in [0.5, 0.6) is 0 Å². The van der Waals surface area contributed by atoms with E-state index in [4.69, 9.17) is 11.6 Å². The average molecular weight is 525 g/mol. The van der Waals surface area contributed by atoms with Gasteiger partial charge in [0, 0.05) is 3.57 Å². The summed E-state index contributed by atoms with van der Waals surface area (Å²) in [7, 11) is -4.78. The van der Waals surface area contributed by atoms with Gasteiger partial charge in [0.2, 0.25) is 0 Å². The summed E-state index contributed by atoms with van der Waals surface area (Å²) in [6.45, 7) is 0. The van der Waals surface area contributed by atoms with Crippen molar-refractivity contribution in [2.75, 3.05) is 5.32 Å². The van der Waals surface area contributed by atoms with Crippen LogP contribution in [0.1, 0.15) is 0 Å². The van der Waals surface area contributed by atoms with Crippen molar-refractivity contribution in [3.63, 3.8) is 0 Å². The van der Waals surface area contributed by atoms with Crippen LogP contribution in [0.15, 0.2) is 33.6 Å². The van der Waals surface area contributed by atoms with Crippen molar-refractivity contribution in [2.45, 2.75) is 4.90 Å². The zero-order valence-corrected chi connectivity index (χ0v) is 15.7. The van der Waals surface area contributed by atoms with Crippen LogP contribution in [0.2, 0.25) is 5.02 Å². The third-order valence-electron chi connectivity index (χ3n) is 2.59. The summed E-state index contributed by atoms with van der Waals surface area (Å²) in [5.41, 5.74) is -0.570. The van der Waals surface area contributed by atoms with E-state index in [0.717, 1.165) is 9.64 Å². The summed E-state index contributed by atoms with van der Waals surface area (Å²) in [6.07, 6.45) is 0. The number of nitrogens with one attached hydrogen (secondary N) is 1. The summed E-state index contributed by atoms with van der Waals surface area (Å²) in [4.78, 5) is -0.812. The Hall–Kier alpha value is -0.490. The average Bonchev–Trinajstić information content (AvgIpc) is 2.40. The van der Waals surface area contributed by atoms with Gasteiger partial charge in [-0.05, 0) is 62.8 Å². The minimum Gasteiger partial charge on any atom is -0.351 e. The summed E-state index contributed by atoms with van der Waals surface area (Å²) >= 11 is 10.7. The van der Waals surface area contributed by atoms with Gasteiger partial charge in [-0.25, -0.2) is 8.78 Å². The van der Waals surface area contributed by atoms with Crippen LogP contribution in [-0.4, -0.2) is 13.0 Å². The number of hydrogen-bond acceptors (Lipinski definition) is 3. The maximum Gasteiger partial charge on any atom is 0.296 e. The van der Waals surface area contributed by atoms with Gasteiger partial charge in [0.25, 0.3) is 10.1 Å². The monoisotopic (exact) mass is 523 g/mol. The normalized spacial score (nSPS) is 11.5. The number of benzene rings is 2. The lowest BCUT2D eigenvalue weighted by molar-refractivity contribution is 0.477. The molecule has 0 aliphatic heterocycles. The van der Waals surface area contributed by atoms with Gasteiger partial charge < -0.3 is 5.32 Å². The Labute approximate surface area is 151 Å². The summed E-state index contributed by atoms with van der Waals surface area (Å²) in [6, 6.07) is 5.41. The first-order valence-electron chi connectivity index (χ1n) is 5.48. The third kappa shape index (κ3) is 3.70. The predicted octanol–water partition coefficient (Wildman–Crippen LogP) is 4.98. The van der Waals surface area contributed by atoms with Crippen LogP contribution in [0.25, 0.3) is 0 Å². The standard InChI is InChI=1S/C12H6BrClF2INO3S/c13-6-4-9(22(19,20)21)12(11(16)10(6)15)18-8-2-1-5(17)3-7(8)14/h1-4,18H,(H,19,20,21). The van der Waals surface area contributed by atoms with Crippen molar-refractivity contribution in [3.8, 4) is 0 Å². The Kier molecular flexibility index (Phi) is 5.32. The van der Waals surface area contributed by atoms with E-state index in [1.54, 1.807) is 12.1 Å². The molecule has 0 aliphatic rings. The Bertz CT molecular complexity index is 864. The molecule has 0 saturated heterocycles. The van der Waals surface area contributed by atoms with Crippen molar-refractivity contribution >= 4 is 71.6 Å². The molecule has 0 saturated carbocycles. The summed E-state index contributed by atoms with van der Waals surface area (Å²) in [5.74, 6) is -2.76. The van der Waals surface area contributed by atoms with Gasteiger partial charge in [-0.1, -0.05) is 11.6 Å². The maximum absolute atomic E-state index is 14.1. The molecule has 0 amide bonds. The molecular formula is C12H6BrClF2INO3S. The molecule has 22 heavy (non-hydrogen) atoms. The molecule has 0 spiro atoms. The van der Waals surface area contributed by atoms with E-state index in [-0.39, 0.29) is 10.7 Å². The van der Waals surface area contributed by atoms with Gasteiger partial charge in [0.1, 0.15) is 4.90 Å². The van der Waals surface area contributed by atoms with Gasteiger partial charge in [0.15, 0.2) is 11.6 Å². The van der Waals surface area contributed by atoms with Crippen molar-refractivity contribution in [1.82, 2.24) is 0 Å². The van der Waals surface area contributed by atoms with Gasteiger partial charge in [0.05, 0.1) is 20.9 Å². The summed E-state index contributed by atoms with van der Waals surface area (Å²) < 4.78 is 60.0. The van der Waals surface area contributed by atoms with E-state index in [1.807, 2.05) is 22.6 Å². The molecule has 2 aromatic carbocycles. The molecule has 0 aromatic heterocycles. The van der Waals surface area contributed by atoms with E-state index in [2.05, 4.69) is 21.2 Å². The predicted molar refractivity (Wildman–Crippen MR) is 91.3 cm³/mol. The molecule has 4 nitrogen and oxygen atoms in total. The van der Waals surface area contributed by atoms with Crippen LogP contribution < -0.4 is 5.32 Å². The lowest BCUT2D eigenvalue weighted by Gasteiger charge is -2.14. The highest BCUT2D eigenvalue weighted by Gasteiger charge is 2.25. The number of hydrogen-bond donors (Lipinski definition) is 2. The Morgan fingerprint density at radius 1 is 1.23 bits per heavy atom. The quantitative estimate of drug-likeness (QED) is 0.338. The van der Waals surface area contributed by atoms with E-state index in [0.29, 0.717) is 0 Å². The number of rotatable bonds is 3. The van der Waals surface area contributed by atoms with Gasteiger partial charge in [-0.2, -0.15) is 8.42 Å². The molecule has 0 heterocycles. The van der Waals surface area contributed by atoms with E-state index in [9.17, 15) is 21.8 Å². The lowest BCUT2D eigenvalue weighted by Crippen LogP contribution is -2.08. The van der Waals surface area contributed by atoms with Gasteiger partial charge in [-0.3, -0.25) is 4.55 Å². The molecule has 2 rings (SSSR count). The highest BCUT2D eigenvalue weighted by atomic mass is 127. The van der Waals surface area contributed by atoms with Crippen LogP contribution in [0.4, 0.5) is 20.2 Å². The Morgan fingerprint density at radius 3 is 2.41 bits per heavy atom. The molecule has 0 radical (unpaired) electrons. The first-order valence-corrected chi connectivity index (χ1v) is 9.17. The molecular weight excluding hydrogens is 518 g/mol. The highest BCUT2D eigenvalue weighted by molar-refractivity contribution is 14.1. The first kappa shape index (κ1) is 17.9. The van der Waals surface area contributed by atoms with Gasteiger partial charge in [-0.15, -0.1) is 0 Å². The minimum atomic E-state index is -4.78.